The Morgan fingerprint density at radius 2 is 1.92 bits per heavy atom. The lowest BCUT2D eigenvalue weighted by atomic mass is 9.93. The number of ether oxygens (including phenoxy) is 1. The van der Waals surface area contributed by atoms with Gasteiger partial charge in [0.15, 0.2) is 16.9 Å². The van der Waals surface area contributed by atoms with Gasteiger partial charge in [-0.15, -0.1) is 0 Å². The SMILES string of the molecule is CC1(C)CCc2cc3c(cc2O1)oc(=O)c1c2cccc(O)c2oc31. The van der Waals surface area contributed by atoms with Crippen molar-refractivity contribution in [3.8, 4) is 11.5 Å². The van der Waals surface area contributed by atoms with E-state index in [9.17, 15) is 9.90 Å². The number of hydrogen-bond acceptors (Lipinski definition) is 5. The van der Waals surface area contributed by atoms with Gasteiger partial charge < -0.3 is 18.7 Å². The summed E-state index contributed by atoms with van der Waals surface area (Å²) in [7, 11) is 0. The highest BCUT2D eigenvalue weighted by Gasteiger charge is 2.28. The monoisotopic (exact) mass is 336 g/mol. The van der Waals surface area contributed by atoms with Crippen LogP contribution in [0.3, 0.4) is 0 Å². The Balaban J connectivity index is 1.91. The maximum atomic E-state index is 12.5. The normalized spacial score (nSPS) is 16.2. The lowest BCUT2D eigenvalue weighted by Crippen LogP contribution is -2.32. The molecular formula is C20H16O5. The van der Waals surface area contributed by atoms with Gasteiger partial charge in [0.2, 0.25) is 0 Å². The van der Waals surface area contributed by atoms with E-state index in [4.69, 9.17) is 13.6 Å². The second-order valence-corrected chi connectivity index (χ2v) is 7.17. The second kappa shape index (κ2) is 4.57. The topological polar surface area (TPSA) is 72.8 Å². The number of aryl methyl sites for hydroxylation is 1. The molecule has 2 aromatic carbocycles. The smallest absolute Gasteiger partial charge is 0.348 e. The van der Waals surface area contributed by atoms with Gasteiger partial charge in [0.05, 0.1) is 5.39 Å². The summed E-state index contributed by atoms with van der Waals surface area (Å²) in [6.07, 6.45) is 1.79. The summed E-state index contributed by atoms with van der Waals surface area (Å²) in [5.41, 5.74) is 1.50. The van der Waals surface area contributed by atoms with Gasteiger partial charge in [0.25, 0.3) is 0 Å². The summed E-state index contributed by atoms with van der Waals surface area (Å²) < 4.78 is 17.4. The van der Waals surface area contributed by atoms with Crippen LogP contribution < -0.4 is 10.4 Å². The predicted molar refractivity (Wildman–Crippen MR) is 94.5 cm³/mol. The van der Waals surface area contributed by atoms with Crippen LogP contribution in [0.4, 0.5) is 0 Å². The molecule has 0 unspecified atom stereocenters. The summed E-state index contributed by atoms with van der Waals surface area (Å²) in [6, 6.07) is 8.68. The van der Waals surface area contributed by atoms with E-state index < -0.39 is 5.63 Å². The molecule has 0 spiro atoms. The van der Waals surface area contributed by atoms with E-state index in [1.807, 2.05) is 19.9 Å². The van der Waals surface area contributed by atoms with Crippen molar-refractivity contribution in [3.05, 3.63) is 46.3 Å². The van der Waals surface area contributed by atoms with E-state index in [1.54, 1.807) is 18.2 Å². The molecule has 5 heteroatoms. The van der Waals surface area contributed by atoms with Crippen molar-refractivity contribution in [2.45, 2.75) is 32.3 Å². The molecule has 5 nitrogen and oxygen atoms in total. The van der Waals surface area contributed by atoms with Crippen LogP contribution >= 0.6 is 0 Å². The van der Waals surface area contributed by atoms with E-state index in [0.29, 0.717) is 32.9 Å². The third-order valence-electron chi connectivity index (χ3n) is 4.89. The van der Waals surface area contributed by atoms with Crippen molar-refractivity contribution >= 4 is 32.9 Å². The molecule has 1 aliphatic heterocycles. The first kappa shape index (κ1) is 14.4. The van der Waals surface area contributed by atoms with Crippen LogP contribution in [0.2, 0.25) is 0 Å². The minimum absolute atomic E-state index is 0.00397. The number of phenolic OH excluding ortho intramolecular Hbond substituents is 1. The molecule has 1 aliphatic rings. The minimum atomic E-state index is -0.484. The van der Waals surface area contributed by atoms with Crippen LogP contribution in [0.15, 0.2) is 44.0 Å². The first-order chi connectivity index (χ1) is 11.9. The van der Waals surface area contributed by atoms with E-state index in [2.05, 4.69) is 0 Å². The number of fused-ring (bicyclic) bond motifs is 6. The van der Waals surface area contributed by atoms with Crippen molar-refractivity contribution in [1.82, 2.24) is 0 Å². The van der Waals surface area contributed by atoms with Crippen molar-refractivity contribution in [2.75, 3.05) is 0 Å². The predicted octanol–water partition coefficient (Wildman–Crippen LogP) is 4.50. The van der Waals surface area contributed by atoms with Gasteiger partial charge >= 0.3 is 5.63 Å². The van der Waals surface area contributed by atoms with Crippen LogP contribution in [0, 0.1) is 0 Å². The highest BCUT2D eigenvalue weighted by Crippen LogP contribution is 2.40. The quantitative estimate of drug-likeness (QED) is 0.479. The first-order valence-electron chi connectivity index (χ1n) is 8.26. The van der Waals surface area contributed by atoms with E-state index in [0.717, 1.165) is 24.2 Å². The van der Waals surface area contributed by atoms with Crippen molar-refractivity contribution in [1.29, 1.82) is 0 Å². The number of furan rings is 1. The third-order valence-corrected chi connectivity index (χ3v) is 4.89. The molecule has 0 amide bonds. The number of phenols is 1. The summed E-state index contributed by atoms with van der Waals surface area (Å²) >= 11 is 0. The van der Waals surface area contributed by atoms with E-state index >= 15 is 0 Å². The van der Waals surface area contributed by atoms with Crippen LogP contribution in [0.5, 0.6) is 11.5 Å². The Bertz CT molecular complexity index is 1230. The average molecular weight is 336 g/mol. The van der Waals surface area contributed by atoms with Crippen LogP contribution in [0.25, 0.3) is 32.9 Å². The van der Waals surface area contributed by atoms with Crippen molar-refractivity contribution in [3.63, 3.8) is 0 Å². The molecule has 4 aromatic rings. The van der Waals surface area contributed by atoms with E-state index in [-0.39, 0.29) is 11.4 Å². The molecule has 0 radical (unpaired) electrons. The molecule has 0 saturated heterocycles. The summed E-state index contributed by atoms with van der Waals surface area (Å²) in [5, 5.41) is 11.7. The van der Waals surface area contributed by atoms with Gasteiger partial charge in [-0.3, -0.25) is 0 Å². The zero-order chi connectivity index (χ0) is 17.3. The number of benzene rings is 2. The summed E-state index contributed by atoms with van der Waals surface area (Å²) in [5.74, 6) is 0.745. The Morgan fingerprint density at radius 3 is 2.76 bits per heavy atom. The molecule has 0 atom stereocenters. The zero-order valence-electron chi connectivity index (χ0n) is 13.9. The number of para-hydroxylation sites is 1. The first-order valence-corrected chi connectivity index (χ1v) is 8.26. The lowest BCUT2D eigenvalue weighted by Gasteiger charge is -2.32. The minimum Gasteiger partial charge on any atom is -0.504 e. The molecular weight excluding hydrogens is 320 g/mol. The average Bonchev–Trinajstić information content (AvgIpc) is 2.94. The summed E-state index contributed by atoms with van der Waals surface area (Å²) in [4.78, 5) is 12.5. The van der Waals surface area contributed by atoms with Gasteiger partial charge in [0.1, 0.15) is 22.3 Å². The lowest BCUT2D eigenvalue weighted by molar-refractivity contribution is 0.0848. The molecule has 0 aliphatic carbocycles. The second-order valence-electron chi connectivity index (χ2n) is 7.17. The highest BCUT2D eigenvalue weighted by atomic mass is 16.5. The standard InChI is InChI=1S/C20H16O5/c1-20(2)7-6-10-8-12-15(9-14(10)25-20)23-19(22)16-11-4-3-5-13(21)17(11)24-18(12)16/h3-5,8-9,21H,6-7H2,1-2H3. The fourth-order valence-corrected chi connectivity index (χ4v) is 3.59. The molecule has 25 heavy (non-hydrogen) atoms. The van der Waals surface area contributed by atoms with Gasteiger partial charge in [-0.05, 0) is 50.5 Å². The van der Waals surface area contributed by atoms with Gasteiger partial charge in [0, 0.05) is 11.5 Å². The van der Waals surface area contributed by atoms with Crippen LogP contribution in [-0.2, 0) is 6.42 Å². The number of hydrogen-bond donors (Lipinski definition) is 1. The Kier molecular flexibility index (Phi) is 2.63. The molecule has 0 bridgehead atoms. The Hall–Kier alpha value is -2.95. The zero-order valence-corrected chi connectivity index (χ0v) is 13.9. The molecule has 2 aromatic heterocycles. The van der Waals surface area contributed by atoms with Gasteiger partial charge in [-0.2, -0.15) is 0 Å². The molecule has 3 heterocycles. The molecule has 5 rings (SSSR count). The van der Waals surface area contributed by atoms with Crippen LogP contribution in [0.1, 0.15) is 25.8 Å². The van der Waals surface area contributed by atoms with Crippen molar-refractivity contribution in [2.24, 2.45) is 0 Å². The third kappa shape index (κ3) is 1.98. The molecule has 0 saturated carbocycles. The molecule has 1 N–H and O–H groups in total. The largest absolute Gasteiger partial charge is 0.504 e. The van der Waals surface area contributed by atoms with Crippen LogP contribution in [-0.4, -0.2) is 10.7 Å². The Morgan fingerprint density at radius 1 is 1.08 bits per heavy atom. The molecule has 126 valence electrons. The fourth-order valence-electron chi connectivity index (χ4n) is 3.59. The van der Waals surface area contributed by atoms with Crippen molar-refractivity contribution < 1.29 is 18.7 Å². The van der Waals surface area contributed by atoms with Gasteiger partial charge in [-0.25, -0.2) is 4.79 Å². The number of aromatic hydroxyl groups is 1. The Labute approximate surface area is 142 Å². The highest BCUT2D eigenvalue weighted by molar-refractivity contribution is 6.14. The summed E-state index contributed by atoms with van der Waals surface area (Å²) in [6.45, 7) is 4.09. The number of rotatable bonds is 0. The maximum absolute atomic E-state index is 12.5. The fraction of sp³-hybridized carbons (Fsp3) is 0.250. The van der Waals surface area contributed by atoms with E-state index in [1.165, 1.54) is 6.07 Å². The van der Waals surface area contributed by atoms with Gasteiger partial charge in [-0.1, -0.05) is 6.07 Å². The molecule has 0 fully saturated rings. The maximum Gasteiger partial charge on any atom is 0.348 e.